The number of nitrogens with zero attached hydrogens (tertiary/aromatic N) is 1. The zero-order valence-corrected chi connectivity index (χ0v) is 17.4. The fourth-order valence-electron chi connectivity index (χ4n) is 4.45. The predicted octanol–water partition coefficient (Wildman–Crippen LogP) is 4.58. The number of furan rings is 1. The lowest BCUT2D eigenvalue weighted by Gasteiger charge is -2.46. The molecule has 0 N–H and O–H groups in total. The third kappa shape index (κ3) is 3.85. The summed E-state index contributed by atoms with van der Waals surface area (Å²) in [6, 6.07) is 12.1. The number of ketones is 1. The highest BCUT2D eigenvalue weighted by atomic mass is 19.1. The smallest absolute Gasteiger partial charge is 0.375 e. The van der Waals surface area contributed by atoms with Crippen molar-refractivity contribution in [1.29, 1.82) is 0 Å². The fraction of sp³-hybridized carbons (Fsp3) is 0.333. The number of piperidine rings is 1. The minimum Gasteiger partial charge on any atom is -0.464 e. The van der Waals surface area contributed by atoms with E-state index in [1.165, 1.54) is 12.3 Å². The highest BCUT2D eigenvalue weighted by molar-refractivity contribution is 6.32. The normalized spacial score (nSPS) is 21.9. The first-order valence-corrected chi connectivity index (χ1v) is 10.2. The maximum Gasteiger partial charge on any atom is 0.375 e. The summed E-state index contributed by atoms with van der Waals surface area (Å²) >= 11 is 0. The van der Waals surface area contributed by atoms with Gasteiger partial charge in [0.1, 0.15) is 22.8 Å². The molecule has 7 heteroatoms. The Hall–Kier alpha value is -3.06. The number of hydrogen-bond acceptors (Lipinski definition) is 5. The van der Waals surface area contributed by atoms with Crippen LogP contribution in [0.3, 0.4) is 0 Å². The van der Waals surface area contributed by atoms with E-state index < -0.39 is 29.0 Å². The van der Waals surface area contributed by atoms with Gasteiger partial charge in [0, 0.05) is 45.0 Å². The molecule has 0 radical (unpaired) electrons. The molecule has 1 aliphatic rings. The Bertz CT molecular complexity index is 1130. The second-order valence-corrected chi connectivity index (χ2v) is 8.09. The van der Waals surface area contributed by atoms with Gasteiger partial charge in [0.25, 0.3) is 0 Å². The summed E-state index contributed by atoms with van der Waals surface area (Å²) in [5.74, 6) is -3.84. The van der Waals surface area contributed by atoms with Crippen molar-refractivity contribution < 1.29 is 27.5 Å². The monoisotopic (exact) mass is 427 g/mol. The van der Waals surface area contributed by atoms with Gasteiger partial charge in [-0.1, -0.05) is 37.3 Å². The largest absolute Gasteiger partial charge is 0.464 e. The number of fused-ring (bicyclic) bond motifs is 1. The van der Waals surface area contributed by atoms with Crippen LogP contribution in [-0.2, 0) is 26.5 Å². The van der Waals surface area contributed by atoms with E-state index in [9.17, 15) is 14.0 Å². The summed E-state index contributed by atoms with van der Waals surface area (Å²) in [5, 5.41) is 0.105. The zero-order chi connectivity index (χ0) is 22.2. The predicted molar refractivity (Wildman–Crippen MR) is 110 cm³/mol. The average molecular weight is 427 g/mol. The molecule has 162 valence electrons. The molecular weight excluding hydrogens is 404 g/mol. The van der Waals surface area contributed by atoms with Gasteiger partial charge in [-0.15, -0.1) is 0 Å². The van der Waals surface area contributed by atoms with Crippen LogP contribution in [0.4, 0.5) is 8.78 Å². The number of rotatable bonds is 5. The number of esters is 1. The number of ether oxygens (including phenoxy) is 1. The lowest BCUT2D eigenvalue weighted by atomic mass is 9.75. The number of hydrogen-bond donors (Lipinski definition) is 0. The number of carbonyl (C=O) groups is 2. The van der Waals surface area contributed by atoms with E-state index >= 15 is 4.39 Å². The molecule has 1 saturated heterocycles. The highest BCUT2D eigenvalue weighted by Gasteiger charge is 2.49. The van der Waals surface area contributed by atoms with Crippen molar-refractivity contribution >= 4 is 22.7 Å². The Morgan fingerprint density at radius 1 is 1.19 bits per heavy atom. The van der Waals surface area contributed by atoms with Gasteiger partial charge in [0.2, 0.25) is 5.78 Å². The maximum absolute atomic E-state index is 15.2. The first-order valence-electron chi connectivity index (χ1n) is 10.2. The molecule has 0 bridgehead atoms. The molecule has 1 aliphatic heterocycles. The molecule has 4 rings (SSSR count). The Morgan fingerprint density at radius 2 is 1.94 bits per heavy atom. The Balaban J connectivity index is 1.75. The number of Topliss-reactive ketones (excluding diaryl/α,β-unsaturated/α-hetero) is 1. The van der Waals surface area contributed by atoms with Gasteiger partial charge in [0.15, 0.2) is 0 Å². The summed E-state index contributed by atoms with van der Waals surface area (Å²) < 4.78 is 40.6. The second kappa shape index (κ2) is 8.23. The molecule has 0 amide bonds. The summed E-state index contributed by atoms with van der Waals surface area (Å²) in [5.41, 5.74) is -0.346. The highest BCUT2D eigenvalue weighted by Crippen LogP contribution is 2.46. The van der Waals surface area contributed by atoms with Gasteiger partial charge >= 0.3 is 5.97 Å². The van der Waals surface area contributed by atoms with Gasteiger partial charge in [-0.25, -0.2) is 13.6 Å². The third-order valence-electron chi connectivity index (χ3n) is 6.00. The first-order chi connectivity index (χ1) is 14.8. The lowest BCUT2D eigenvalue weighted by Crippen LogP contribution is -2.52. The van der Waals surface area contributed by atoms with Crippen molar-refractivity contribution in [2.24, 2.45) is 5.92 Å². The molecule has 0 saturated carbocycles. The number of likely N-dealkylation sites (tertiary alicyclic amines) is 1. The molecule has 1 fully saturated rings. The summed E-state index contributed by atoms with van der Waals surface area (Å²) in [6.45, 7) is 4.60. The Labute approximate surface area is 178 Å². The molecule has 5 nitrogen and oxygen atoms in total. The summed E-state index contributed by atoms with van der Waals surface area (Å²) in [6.07, 6.45) is 1.50. The standard InChI is InChI=1S/C24H23F2NO4/c1-15-13-27(14-17-6-4-3-5-7-17)10-9-24(15,31-23(29)16(2)28)21-20(26)12-19(25)18-8-11-30-22(18)21/h3-8,11-12,15H,9-10,13-14H2,1-2H3. The van der Waals surface area contributed by atoms with Gasteiger partial charge in [-0.2, -0.15) is 0 Å². The minimum absolute atomic E-state index is 0.00258. The molecule has 31 heavy (non-hydrogen) atoms. The topological polar surface area (TPSA) is 59.8 Å². The fourth-order valence-corrected chi connectivity index (χ4v) is 4.45. The van der Waals surface area contributed by atoms with E-state index in [2.05, 4.69) is 4.90 Å². The van der Waals surface area contributed by atoms with Crippen LogP contribution in [0.15, 0.2) is 53.1 Å². The van der Waals surface area contributed by atoms with Crippen LogP contribution in [0.1, 0.15) is 31.4 Å². The van der Waals surface area contributed by atoms with Crippen LogP contribution in [0.25, 0.3) is 11.0 Å². The second-order valence-electron chi connectivity index (χ2n) is 8.09. The third-order valence-corrected chi connectivity index (χ3v) is 6.00. The quantitative estimate of drug-likeness (QED) is 0.441. The Kier molecular flexibility index (Phi) is 5.62. The van der Waals surface area contributed by atoms with E-state index in [-0.39, 0.29) is 28.9 Å². The van der Waals surface area contributed by atoms with Crippen LogP contribution in [0.5, 0.6) is 0 Å². The Morgan fingerprint density at radius 3 is 2.61 bits per heavy atom. The minimum atomic E-state index is -1.45. The van der Waals surface area contributed by atoms with Crippen LogP contribution >= 0.6 is 0 Å². The molecule has 2 unspecified atom stereocenters. The van der Waals surface area contributed by atoms with Gasteiger partial charge in [-0.3, -0.25) is 9.69 Å². The van der Waals surface area contributed by atoms with E-state index in [0.29, 0.717) is 19.6 Å². The molecule has 3 aromatic rings. The molecular formula is C24H23F2NO4. The zero-order valence-electron chi connectivity index (χ0n) is 17.4. The molecule has 1 aromatic heterocycles. The van der Waals surface area contributed by atoms with Crippen LogP contribution in [-0.4, -0.2) is 29.7 Å². The van der Waals surface area contributed by atoms with Gasteiger partial charge < -0.3 is 9.15 Å². The molecule has 0 aliphatic carbocycles. The summed E-state index contributed by atoms with van der Waals surface area (Å²) in [4.78, 5) is 26.2. The summed E-state index contributed by atoms with van der Waals surface area (Å²) in [7, 11) is 0. The molecule has 2 heterocycles. The van der Waals surface area contributed by atoms with E-state index in [0.717, 1.165) is 18.6 Å². The number of carbonyl (C=O) groups excluding carboxylic acids is 2. The van der Waals surface area contributed by atoms with Crippen molar-refractivity contribution in [3.63, 3.8) is 0 Å². The van der Waals surface area contributed by atoms with Gasteiger partial charge in [0.05, 0.1) is 17.2 Å². The van der Waals surface area contributed by atoms with Crippen LogP contribution < -0.4 is 0 Å². The SMILES string of the molecule is CC(=O)C(=O)OC1(c2c(F)cc(F)c3ccoc23)CCN(Cc2ccccc2)CC1C. The number of benzene rings is 2. The van der Waals surface area contributed by atoms with Crippen molar-refractivity contribution in [2.45, 2.75) is 32.4 Å². The van der Waals surface area contributed by atoms with Gasteiger partial charge in [-0.05, 0) is 11.6 Å². The molecule has 2 atom stereocenters. The van der Waals surface area contributed by atoms with Crippen molar-refractivity contribution in [2.75, 3.05) is 13.1 Å². The molecule has 2 aromatic carbocycles. The maximum atomic E-state index is 15.2. The molecule has 0 spiro atoms. The van der Waals surface area contributed by atoms with E-state index in [4.69, 9.17) is 9.15 Å². The number of halogens is 2. The van der Waals surface area contributed by atoms with E-state index in [1.807, 2.05) is 37.3 Å². The lowest BCUT2D eigenvalue weighted by molar-refractivity contribution is -0.178. The van der Waals surface area contributed by atoms with Crippen LogP contribution in [0, 0.1) is 17.6 Å². The van der Waals surface area contributed by atoms with Crippen molar-refractivity contribution in [1.82, 2.24) is 4.90 Å². The van der Waals surface area contributed by atoms with Crippen molar-refractivity contribution in [3.8, 4) is 0 Å². The van der Waals surface area contributed by atoms with Crippen LogP contribution in [0.2, 0.25) is 0 Å². The van der Waals surface area contributed by atoms with Crippen molar-refractivity contribution in [3.05, 3.63) is 71.5 Å². The van der Waals surface area contributed by atoms with E-state index in [1.54, 1.807) is 0 Å². The average Bonchev–Trinajstić information content (AvgIpc) is 3.21. The first kappa shape index (κ1) is 21.2.